The summed E-state index contributed by atoms with van der Waals surface area (Å²) >= 11 is 0. The van der Waals surface area contributed by atoms with Crippen LogP contribution in [0.5, 0.6) is 5.75 Å². The summed E-state index contributed by atoms with van der Waals surface area (Å²) in [7, 11) is 1.67. The first-order chi connectivity index (χ1) is 11.4. The minimum Gasteiger partial charge on any atom is -0.496 e. The second-order valence-corrected chi connectivity index (χ2v) is 6.67. The van der Waals surface area contributed by atoms with Crippen molar-refractivity contribution in [2.24, 2.45) is 5.10 Å². The minimum atomic E-state index is -0.137. The molecule has 2 aromatic rings. The number of nitrogens with zero attached hydrogens (tertiary/aromatic N) is 1. The zero-order valence-corrected chi connectivity index (χ0v) is 14.7. The lowest BCUT2D eigenvalue weighted by atomic mass is 9.85. The first-order valence-corrected chi connectivity index (χ1v) is 7.94. The third-order valence-electron chi connectivity index (χ3n) is 3.64. The summed E-state index contributed by atoms with van der Waals surface area (Å²) in [5, 5.41) is 4.05. The second kappa shape index (κ2) is 7.77. The number of hydrazone groups is 1. The van der Waals surface area contributed by atoms with E-state index in [0.29, 0.717) is 6.42 Å². The molecule has 4 nitrogen and oxygen atoms in total. The van der Waals surface area contributed by atoms with Gasteiger partial charge in [-0.05, 0) is 34.7 Å². The molecule has 0 bridgehead atoms. The number of carbonyl (C=O) groups is 1. The van der Waals surface area contributed by atoms with Crippen molar-refractivity contribution in [3.8, 4) is 5.75 Å². The summed E-state index contributed by atoms with van der Waals surface area (Å²) in [6.07, 6.45) is 1.96. The van der Waals surface area contributed by atoms with Crippen LogP contribution < -0.4 is 10.2 Å². The van der Waals surface area contributed by atoms with E-state index in [9.17, 15) is 4.79 Å². The summed E-state index contributed by atoms with van der Waals surface area (Å²) in [6, 6.07) is 15.5. The van der Waals surface area contributed by atoms with Crippen molar-refractivity contribution in [1.82, 2.24) is 5.43 Å². The van der Waals surface area contributed by atoms with Gasteiger partial charge >= 0.3 is 0 Å². The summed E-state index contributed by atoms with van der Waals surface area (Å²) < 4.78 is 5.42. The van der Waals surface area contributed by atoms with Gasteiger partial charge in [-0.3, -0.25) is 4.79 Å². The molecule has 0 spiro atoms. The highest BCUT2D eigenvalue weighted by Crippen LogP contribution is 2.31. The highest BCUT2D eigenvalue weighted by Gasteiger charge is 2.18. The lowest BCUT2D eigenvalue weighted by molar-refractivity contribution is -0.120. The number of amides is 1. The number of methoxy groups -OCH3 is 1. The molecule has 0 radical (unpaired) electrons. The maximum Gasteiger partial charge on any atom is 0.244 e. The largest absolute Gasteiger partial charge is 0.496 e. The molecular formula is C20H24N2O2. The Bertz CT molecular complexity index is 716. The zero-order chi connectivity index (χ0) is 17.6. The van der Waals surface area contributed by atoms with Gasteiger partial charge in [0.15, 0.2) is 0 Å². The van der Waals surface area contributed by atoms with Crippen molar-refractivity contribution in [3.05, 3.63) is 65.2 Å². The fourth-order valence-corrected chi connectivity index (χ4v) is 2.39. The Kier molecular flexibility index (Phi) is 5.74. The molecule has 1 amide bonds. The van der Waals surface area contributed by atoms with Crippen LogP contribution in [0, 0.1) is 0 Å². The zero-order valence-electron chi connectivity index (χ0n) is 14.7. The lowest BCUT2D eigenvalue weighted by Crippen LogP contribution is -2.19. The Hall–Kier alpha value is -2.62. The van der Waals surface area contributed by atoms with Crippen molar-refractivity contribution in [2.45, 2.75) is 32.6 Å². The second-order valence-electron chi connectivity index (χ2n) is 6.67. The van der Waals surface area contributed by atoms with Crippen LogP contribution in [0.15, 0.2) is 53.6 Å². The fourth-order valence-electron chi connectivity index (χ4n) is 2.39. The van der Waals surface area contributed by atoms with Gasteiger partial charge in [0, 0.05) is 5.56 Å². The van der Waals surface area contributed by atoms with Crippen LogP contribution in [-0.4, -0.2) is 19.2 Å². The molecule has 2 rings (SSSR count). The molecule has 1 N–H and O–H groups in total. The SMILES string of the molecule is COc1ccc(/C=N\NC(=O)Cc2ccccc2)cc1C(C)(C)C. The number of rotatable bonds is 5. The van der Waals surface area contributed by atoms with Gasteiger partial charge in [-0.2, -0.15) is 5.10 Å². The highest BCUT2D eigenvalue weighted by molar-refractivity contribution is 5.83. The third-order valence-corrected chi connectivity index (χ3v) is 3.64. The van der Waals surface area contributed by atoms with Gasteiger partial charge in [0.05, 0.1) is 19.7 Å². The number of hydrogen-bond donors (Lipinski definition) is 1. The maximum absolute atomic E-state index is 11.9. The molecule has 0 aliphatic rings. The molecule has 0 saturated heterocycles. The normalized spacial score (nSPS) is 11.5. The molecule has 0 aliphatic heterocycles. The summed E-state index contributed by atoms with van der Waals surface area (Å²) in [4.78, 5) is 11.9. The van der Waals surface area contributed by atoms with Crippen LogP contribution in [0.4, 0.5) is 0 Å². The quantitative estimate of drug-likeness (QED) is 0.674. The predicted octanol–water partition coefficient (Wildman–Crippen LogP) is 3.69. The number of hydrogen-bond acceptors (Lipinski definition) is 3. The Labute approximate surface area is 143 Å². The van der Waals surface area contributed by atoms with Gasteiger partial charge in [-0.15, -0.1) is 0 Å². The number of carbonyl (C=O) groups excluding carboxylic acids is 1. The highest BCUT2D eigenvalue weighted by atomic mass is 16.5. The Balaban J connectivity index is 2.03. The molecule has 4 heteroatoms. The molecule has 0 atom stereocenters. The molecule has 2 aromatic carbocycles. The standard InChI is InChI=1S/C20H24N2O2/c1-20(2,3)17-12-16(10-11-18(17)24-4)14-21-22-19(23)13-15-8-6-5-7-9-15/h5-12,14H,13H2,1-4H3,(H,22,23)/b21-14-. The van der Waals surface area contributed by atoms with Crippen LogP contribution in [-0.2, 0) is 16.6 Å². The van der Waals surface area contributed by atoms with E-state index in [4.69, 9.17) is 4.74 Å². The van der Waals surface area contributed by atoms with Crippen LogP contribution in [0.3, 0.4) is 0 Å². The van der Waals surface area contributed by atoms with Crippen molar-refractivity contribution < 1.29 is 9.53 Å². The van der Waals surface area contributed by atoms with E-state index < -0.39 is 0 Å². The topological polar surface area (TPSA) is 50.7 Å². The van der Waals surface area contributed by atoms with Gasteiger partial charge in [0.25, 0.3) is 0 Å². The number of nitrogens with one attached hydrogen (secondary N) is 1. The van der Waals surface area contributed by atoms with Gasteiger partial charge < -0.3 is 4.74 Å². The van der Waals surface area contributed by atoms with Crippen molar-refractivity contribution >= 4 is 12.1 Å². The monoisotopic (exact) mass is 324 g/mol. The van der Waals surface area contributed by atoms with Crippen LogP contribution >= 0.6 is 0 Å². The molecule has 0 saturated carbocycles. The van der Waals surface area contributed by atoms with Crippen LogP contribution in [0.25, 0.3) is 0 Å². The van der Waals surface area contributed by atoms with Crippen LogP contribution in [0.2, 0.25) is 0 Å². The smallest absolute Gasteiger partial charge is 0.244 e. The van der Waals surface area contributed by atoms with E-state index in [1.807, 2.05) is 48.5 Å². The fraction of sp³-hybridized carbons (Fsp3) is 0.300. The number of benzene rings is 2. The molecule has 0 heterocycles. The summed E-state index contributed by atoms with van der Waals surface area (Å²) in [6.45, 7) is 6.40. The molecule has 0 aliphatic carbocycles. The van der Waals surface area contributed by atoms with E-state index in [1.165, 1.54) is 0 Å². The molecule has 0 fully saturated rings. The van der Waals surface area contributed by atoms with E-state index in [2.05, 4.69) is 31.3 Å². The third kappa shape index (κ3) is 4.95. The van der Waals surface area contributed by atoms with Gasteiger partial charge in [-0.1, -0.05) is 51.1 Å². The van der Waals surface area contributed by atoms with E-state index in [1.54, 1.807) is 13.3 Å². The van der Waals surface area contributed by atoms with Gasteiger partial charge in [-0.25, -0.2) is 5.43 Å². The average molecular weight is 324 g/mol. The molecule has 0 unspecified atom stereocenters. The van der Waals surface area contributed by atoms with E-state index >= 15 is 0 Å². The Morgan fingerprint density at radius 1 is 1.17 bits per heavy atom. The Morgan fingerprint density at radius 3 is 2.50 bits per heavy atom. The van der Waals surface area contributed by atoms with Crippen molar-refractivity contribution in [3.63, 3.8) is 0 Å². The average Bonchev–Trinajstić information content (AvgIpc) is 2.55. The van der Waals surface area contributed by atoms with E-state index in [0.717, 1.165) is 22.4 Å². The predicted molar refractivity (Wildman–Crippen MR) is 97.6 cm³/mol. The maximum atomic E-state index is 11.9. The molecule has 0 aromatic heterocycles. The molecular weight excluding hydrogens is 300 g/mol. The number of ether oxygens (including phenoxy) is 1. The van der Waals surface area contributed by atoms with E-state index in [-0.39, 0.29) is 11.3 Å². The lowest BCUT2D eigenvalue weighted by Gasteiger charge is -2.22. The first-order valence-electron chi connectivity index (χ1n) is 7.94. The van der Waals surface area contributed by atoms with Crippen molar-refractivity contribution in [1.29, 1.82) is 0 Å². The van der Waals surface area contributed by atoms with Gasteiger partial charge in [0.1, 0.15) is 5.75 Å². The van der Waals surface area contributed by atoms with Crippen LogP contribution in [0.1, 0.15) is 37.5 Å². The minimum absolute atomic E-state index is 0.0360. The molecule has 126 valence electrons. The molecule has 24 heavy (non-hydrogen) atoms. The van der Waals surface area contributed by atoms with Crippen molar-refractivity contribution in [2.75, 3.05) is 7.11 Å². The summed E-state index contributed by atoms with van der Waals surface area (Å²) in [5.74, 6) is 0.717. The summed E-state index contributed by atoms with van der Waals surface area (Å²) in [5.41, 5.74) is 5.51. The Morgan fingerprint density at radius 2 is 1.88 bits per heavy atom. The first kappa shape index (κ1) is 17.7. The van der Waals surface area contributed by atoms with Gasteiger partial charge in [0.2, 0.25) is 5.91 Å².